The number of nitrogens with zero attached hydrogens (tertiary/aromatic N) is 2. The number of hydrogen-bond acceptors (Lipinski definition) is 3. The lowest BCUT2D eigenvalue weighted by molar-refractivity contribution is 0.664. The van der Waals surface area contributed by atoms with Gasteiger partial charge in [-0.3, -0.25) is 4.99 Å². The van der Waals surface area contributed by atoms with Crippen LogP contribution in [0.25, 0.3) is 76.7 Å². The summed E-state index contributed by atoms with van der Waals surface area (Å²) < 4.78 is 9.01. The Bertz CT molecular complexity index is 3070. The molecule has 4 nitrogen and oxygen atoms in total. The van der Waals surface area contributed by atoms with Gasteiger partial charge in [-0.15, -0.1) is 0 Å². The normalized spacial score (nSPS) is 12.7. The molecule has 0 radical (unpaired) electrons. The number of rotatable bonds is 7. The highest BCUT2D eigenvalue weighted by molar-refractivity contribution is 6.19. The molecule has 0 fully saturated rings. The Balaban J connectivity index is 1.02. The Labute approximate surface area is 306 Å². The number of fused-ring (bicyclic) bond motifs is 9. The zero-order chi connectivity index (χ0) is 35.5. The van der Waals surface area contributed by atoms with Crippen LogP contribution in [0, 0.1) is 0 Å². The van der Waals surface area contributed by atoms with Crippen molar-refractivity contribution in [3.05, 3.63) is 193 Å². The lowest BCUT2D eigenvalue weighted by atomic mass is 10.0. The van der Waals surface area contributed by atoms with Crippen LogP contribution < -0.4 is 5.32 Å². The van der Waals surface area contributed by atoms with Gasteiger partial charge in [-0.1, -0.05) is 134 Å². The predicted molar refractivity (Wildman–Crippen MR) is 223 cm³/mol. The number of aliphatic imine (C=N–C) groups is 1. The molecule has 8 aromatic carbocycles. The van der Waals surface area contributed by atoms with Crippen molar-refractivity contribution >= 4 is 76.7 Å². The summed E-state index contributed by atoms with van der Waals surface area (Å²) in [5.41, 5.74) is 9.92. The summed E-state index contributed by atoms with van der Waals surface area (Å²) in [5.74, 6) is 0. The summed E-state index contributed by atoms with van der Waals surface area (Å²) in [6.07, 6.45) is -0.327. The predicted octanol–water partition coefficient (Wildman–Crippen LogP) is 12.8. The maximum atomic E-state index is 6.63. The molecule has 0 aliphatic heterocycles. The summed E-state index contributed by atoms with van der Waals surface area (Å²) in [7, 11) is 0. The van der Waals surface area contributed by atoms with Crippen LogP contribution in [0.5, 0.6) is 0 Å². The Morgan fingerprint density at radius 2 is 1.21 bits per heavy atom. The van der Waals surface area contributed by atoms with Gasteiger partial charge in [0.1, 0.15) is 17.3 Å². The van der Waals surface area contributed by atoms with Crippen LogP contribution in [-0.4, -0.2) is 10.3 Å². The number of furan rings is 1. The maximum absolute atomic E-state index is 6.63. The summed E-state index contributed by atoms with van der Waals surface area (Å²) >= 11 is 0. The highest BCUT2D eigenvalue weighted by Crippen LogP contribution is 2.38. The molecule has 0 saturated carbocycles. The second-order valence-corrected chi connectivity index (χ2v) is 13.7. The van der Waals surface area contributed by atoms with Crippen molar-refractivity contribution in [1.82, 2.24) is 9.88 Å². The van der Waals surface area contributed by atoms with Crippen LogP contribution in [-0.2, 0) is 0 Å². The van der Waals surface area contributed by atoms with E-state index >= 15 is 0 Å². The minimum absolute atomic E-state index is 0.327. The smallest absolute Gasteiger partial charge is 0.145 e. The summed E-state index contributed by atoms with van der Waals surface area (Å²) in [6.45, 7) is 6.55. The molecular weight excluding hydrogens is 647 g/mol. The minimum Gasteiger partial charge on any atom is -0.456 e. The first kappa shape index (κ1) is 30.9. The van der Waals surface area contributed by atoms with Crippen molar-refractivity contribution < 1.29 is 4.42 Å². The van der Waals surface area contributed by atoms with Gasteiger partial charge in [-0.05, 0) is 70.6 Å². The molecule has 2 aromatic heterocycles. The van der Waals surface area contributed by atoms with Gasteiger partial charge in [0.25, 0.3) is 0 Å². The summed E-state index contributed by atoms with van der Waals surface area (Å²) in [6, 6.07) is 59.9. The highest BCUT2D eigenvalue weighted by Gasteiger charge is 2.18. The monoisotopic (exact) mass is 681 g/mol. The van der Waals surface area contributed by atoms with Crippen LogP contribution in [0.15, 0.2) is 186 Å². The molecule has 0 saturated heterocycles. The first-order chi connectivity index (χ1) is 26.1. The second kappa shape index (κ2) is 12.4. The van der Waals surface area contributed by atoms with Crippen molar-refractivity contribution in [2.75, 3.05) is 0 Å². The Morgan fingerprint density at radius 1 is 0.566 bits per heavy atom. The number of hydrogen-bond donors (Lipinski definition) is 1. The van der Waals surface area contributed by atoms with E-state index in [-0.39, 0.29) is 6.17 Å². The Morgan fingerprint density at radius 3 is 2.06 bits per heavy atom. The van der Waals surface area contributed by atoms with Gasteiger partial charge in [-0.2, -0.15) is 0 Å². The molecule has 1 unspecified atom stereocenters. The third kappa shape index (κ3) is 5.27. The molecule has 4 heteroatoms. The molecule has 10 rings (SSSR count). The van der Waals surface area contributed by atoms with E-state index in [9.17, 15) is 0 Å². The van der Waals surface area contributed by atoms with Crippen molar-refractivity contribution in [3.63, 3.8) is 0 Å². The van der Waals surface area contributed by atoms with E-state index < -0.39 is 0 Å². The van der Waals surface area contributed by atoms with Gasteiger partial charge in [0.15, 0.2) is 0 Å². The highest BCUT2D eigenvalue weighted by atomic mass is 16.3. The molecule has 0 spiro atoms. The summed E-state index contributed by atoms with van der Waals surface area (Å²) in [4.78, 5) is 5.20. The minimum atomic E-state index is -0.327. The van der Waals surface area contributed by atoms with Gasteiger partial charge >= 0.3 is 0 Å². The van der Waals surface area contributed by atoms with Crippen molar-refractivity contribution in [2.24, 2.45) is 4.99 Å². The molecule has 0 bridgehead atoms. The molecule has 1 atom stereocenters. The molecule has 0 aliphatic carbocycles. The van der Waals surface area contributed by atoms with Gasteiger partial charge < -0.3 is 14.3 Å². The second-order valence-electron chi connectivity index (χ2n) is 13.7. The standard InChI is InChI=1S/C49H35N3O/c1-31(36-21-20-33-12-6-7-16-38(33)28-36)50-49(35-14-4-3-5-15-35)51-32(2)37-23-25-42-43-27-24-39(30-47(43)53-46(42)29-37)52-45-19-11-10-18-41(45)44-26-22-34-13-8-9-17-40(34)48(44)52/h3-30,49,51H,2H2,1H3. The Hall–Kier alpha value is -6.91. The van der Waals surface area contributed by atoms with E-state index in [1.54, 1.807) is 0 Å². The largest absolute Gasteiger partial charge is 0.456 e. The molecular formula is C49H35N3O. The maximum Gasteiger partial charge on any atom is 0.145 e. The molecule has 0 amide bonds. The van der Waals surface area contributed by atoms with Crippen LogP contribution in [0.4, 0.5) is 0 Å². The topological polar surface area (TPSA) is 42.5 Å². The van der Waals surface area contributed by atoms with Crippen molar-refractivity contribution in [1.29, 1.82) is 0 Å². The van der Waals surface area contributed by atoms with Gasteiger partial charge in [0, 0.05) is 55.7 Å². The van der Waals surface area contributed by atoms with E-state index in [2.05, 4.69) is 175 Å². The van der Waals surface area contributed by atoms with E-state index in [4.69, 9.17) is 9.41 Å². The van der Waals surface area contributed by atoms with E-state index in [1.807, 2.05) is 18.2 Å². The molecule has 10 aromatic rings. The fraction of sp³-hybridized carbons (Fsp3) is 0.0408. The van der Waals surface area contributed by atoms with E-state index in [1.165, 1.54) is 43.4 Å². The first-order valence-corrected chi connectivity index (χ1v) is 18.0. The first-order valence-electron chi connectivity index (χ1n) is 18.0. The van der Waals surface area contributed by atoms with E-state index in [0.29, 0.717) is 0 Å². The third-order valence-electron chi connectivity index (χ3n) is 10.5. The van der Waals surface area contributed by atoms with Crippen LogP contribution in [0.2, 0.25) is 0 Å². The molecule has 0 aliphatic rings. The molecule has 53 heavy (non-hydrogen) atoms. The number of aromatic nitrogens is 1. The van der Waals surface area contributed by atoms with E-state index in [0.717, 1.165) is 55.7 Å². The van der Waals surface area contributed by atoms with Gasteiger partial charge in [0.2, 0.25) is 0 Å². The number of nitrogens with one attached hydrogen (secondary N) is 1. The summed E-state index contributed by atoms with van der Waals surface area (Å²) in [5, 5.41) is 13.1. The Kier molecular flexibility index (Phi) is 7.22. The van der Waals surface area contributed by atoms with Gasteiger partial charge in [0.05, 0.1) is 11.0 Å². The average Bonchev–Trinajstić information content (AvgIpc) is 3.75. The lowest BCUT2D eigenvalue weighted by Crippen LogP contribution is -2.19. The number of benzene rings is 8. The lowest BCUT2D eigenvalue weighted by Gasteiger charge is -2.20. The van der Waals surface area contributed by atoms with Crippen molar-refractivity contribution in [3.8, 4) is 5.69 Å². The van der Waals surface area contributed by atoms with Crippen LogP contribution in [0.1, 0.15) is 29.8 Å². The molecule has 2 heterocycles. The average molecular weight is 682 g/mol. The van der Waals surface area contributed by atoms with Gasteiger partial charge in [-0.25, -0.2) is 0 Å². The SMILES string of the molecule is C=C(NC(N=C(C)c1ccc2ccccc2c1)c1ccccc1)c1ccc2c(c1)oc1cc(-n3c4ccccc4c4ccc5ccccc5c43)ccc12. The molecule has 252 valence electrons. The fourth-order valence-corrected chi connectivity index (χ4v) is 7.85. The van der Waals surface area contributed by atoms with Crippen LogP contribution in [0.3, 0.4) is 0 Å². The van der Waals surface area contributed by atoms with Crippen molar-refractivity contribution in [2.45, 2.75) is 13.1 Å². The van der Waals surface area contributed by atoms with Crippen LogP contribution >= 0.6 is 0 Å². The zero-order valence-electron chi connectivity index (χ0n) is 29.3. The number of para-hydroxylation sites is 1. The fourth-order valence-electron chi connectivity index (χ4n) is 7.85. The molecule has 1 N–H and O–H groups in total. The third-order valence-corrected chi connectivity index (χ3v) is 10.5. The quantitative estimate of drug-likeness (QED) is 0.170. The zero-order valence-corrected chi connectivity index (χ0v) is 29.3.